The van der Waals surface area contributed by atoms with Crippen molar-refractivity contribution in [3.63, 3.8) is 0 Å². The fourth-order valence-electron chi connectivity index (χ4n) is 3.11. The van der Waals surface area contributed by atoms with Gasteiger partial charge in [0.1, 0.15) is 0 Å². The minimum atomic E-state index is -0.215. The standard InChI is InChI=1S/C15H23NO2/c1-15(2,3)13-5-4-12(18)10-14(13)16-8-6-11(17)7-9-16/h6-9,12-14,18H,4-5,10H2,1-3H3. The van der Waals surface area contributed by atoms with Crippen LogP contribution in [0.15, 0.2) is 29.3 Å². The number of aromatic nitrogens is 1. The Kier molecular flexibility index (Phi) is 3.62. The van der Waals surface area contributed by atoms with E-state index in [2.05, 4.69) is 25.3 Å². The zero-order valence-corrected chi connectivity index (χ0v) is 11.5. The molecule has 1 saturated carbocycles. The third-order valence-electron chi connectivity index (χ3n) is 4.11. The highest BCUT2D eigenvalue weighted by molar-refractivity contribution is 4.99. The van der Waals surface area contributed by atoms with Gasteiger partial charge in [-0.15, -0.1) is 0 Å². The minimum Gasteiger partial charge on any atom is -0.393 e. The summed E-state index contributed by atoms with van der Waals surface area (Å²) in [6, 6.07) is 3.48. The molecule has 1 fully saturated rings. The highest BCUT2D eigenvalue weighted by atomic mass is 16.3. The predicted octanol–water partition coefficient (Wildman–Crippen LogP) is 2.60. The van der Waals surface area contributed by atoms with Crippen molar-refractivity contribution in [3.05, 3.63) is 34.7 Å². The van der Waals surface area contributed by atoms with E-state index in [1.54, 1.807) is 12.1 Å². The van der Waals surface area contributed by atoms with E-state index >= 15 is 0 Å². The van der Waals surface area contributed by atoms with Crippen LogP contribution in [0.2, 0.25) is 0 Å². The van der Waals surface area contributed by atoms with E-state index in [9.17, 15) is 9.90 Å². The molecule has 3 atom stereocenters. The summed E-state index contributed by atoms with van der Waals surface area (Å²) >= 11 is 0. The van der Waals surface area contributed by atoms with Crippen molar-refractivity contribution < 1.29 is 5.11 Å². The van der Waals surface area contributed by atoms with Crippen LogP contribution in [0.25, 0.3) is 0 Å². The lowest BCUT2D eigenvalue weighted by atomic mass is 9.69. The largest absolute Gasteiger partial charge is 0.393 e. The number of nitrogens with zero attached hydrogens (tertiary/aromatic N) is 1. The summed E-state index contributed by atoms with van der Waals surface area (Å²) in [5.74, 6) is 0.531. The van der Waals surface area contributed by atoms with Crippen molar-refractivity contribution >= 4 is 0 Å². The van der Waals surface area contributed by atoms with Crippen LogP contribution in [0.4, 0.5) is 0 Å². The van der Waals surface area contributed by atoms with Crippen LogP contribution in [0, 0.1) is 11.3 Å². The Morgan fingerprint density at radius 2 is 1.83 bits per heavy atom. The number of pyridine rings is 1. The van der Waals surface area contributed by atoms with Gasteiger partial charge in [-0.2, -0.15) is 0 Å². The molecule has 3 heteroatoms. The Bertz CT molecular complexity index is 438. The van der Waals surface area contributed by atoms with Gasteiger partial charge in [-0.05, 0) is 30.6 Å². The molecule has 1 aromatic rings. The summed E-state index contributed by atoms with van der Waals surface area (Å²) in [5, 5.41) is 9.90. The highest BCUT2D eigenvalue weighted by Gasteiger charge is 2.37. The summed E-state index contributed by atoms with van der Waals surface area (Å²) in [4.78, 5) is 11.2. The molecule has 3 unspecified atom stereocenters. The summed E-state index contributed by atoms with van der Waals surface area (Å²) in [6.07, 6.45) is 6.20. The van der Waals surface area contributed by atoms with Crippen molar-refractivity contribution in [2.24, 2.45) is 11.3 Å². The number of aliphatic hydroxyl groups is 1. The molecule has 2 rings (SSSR count). The van der Waals surface area contributed by atoms with Gasteiger partial charge < -0.3 is 9.67 Å². The molecule has 0 radical (unpaired) electrons. The van der Waals surface area contributed by atoms with Gasteiger partial charge in [-0.25, -0.2) is 0 Å². The maximum atomic E-state index is 11.2. The molecule has 0 saturated heterocycles. The Labute approximate surface area is 108 Å². The second-order valence-electron chi connectivity index (χ2n) is 6.49. The molecule has 1 aromatic heterocycles. The van der Waals surface area contributed by atoms with E-state index in [0.717, 1.165) is 19.3 Å². The summed E-state index contributed by atoms with van der Waals surface area (Å²) < 4.78 is 2.10. The van der Waals surface area contributed by atoms with E-state index in [4.69, 9.17) is 0 Å². The van der Waals surface area contributed by atoms with E-state index < -0.39 is 0 Å². The molecule has 1 heterocycles. The van der Waals surface area contributed by atoms with Crippen molar-refractivity contribution in [1.29, 1.82) is 0 Å². The SMILES string of the molecule is CC(C)(C)C1CCC(O)CC1n1ccc(=O)cc1. The van der Waals surface area contributed by atoms with Gasteiger partial charge in [0, 0.05) is 30.6 Å². The third kappa shape index (κ3) is 2.83. The fourth-order valence-corrected chi connectivity index (χ4v) is 3.11. The predicted molar refractivity (Wildman–Crippen MR) is 72.5 cm³/mol. The molecule has 0 aliphatic heterocycles. The van der Waals surface area contributed by atoms with Gasteiger partial charge in [0.25, 0.3) is 0 Å². The quantitative estimate of drug-likeness (QED) is 0.831. The molecule has 100 valence electrons. The molecular formula is C15H23NO2. The maximum absolute atomic E-state index is 11.2. The van der Waals surface area contributed by atoms with Crippen molar-refractivity contribution in [2.75, 3.05) is 0 Å². The van der Waals surface area contributed by atoms with Crippen LogP contribution in [0.1, 0.15) is 46.1 Å². The van der Waals surface area contributed by atoms with Gasteiger partial charge in [-0.3, -0.25) is 4.79 Å². The van der Waals surface area contributed by atoms with Crippen LogP contribution < -0.4 is 5.43 Å². The van der Waals surface area contributed by atoms with Crippen molar-refractivity contribution in [1.82, 2.24) is 4.57 Å². The van der Waals surface area contributed by atoms with E-state index in [-0.39, 0.29) is 23.0 Å². The Hall–Kier alpha value is -1.09. The average Bonchev–Trinajstić information content (AvgIpc) is 2.28. The average molecular weight is 249 g/mol. The normalized spacial score (nSPS) is 29.2. The topological polar surface area (TPSA) is 42.2 Å². The minimum absolute atomic E-state index is 0.0370. The first-order valence-corrected chi connectivity index (χ1v) is 6.74. The van der Waals surface area contributed by atoms with Crippen LogP contribution in [0.5, 0.6) is 0 Å². The fraction of sp³-hybridized carbons (Fsp3) is 0.667. The van der Waals surface area contributed by atoms with Crippen LogP contribution in [-0.2, 0) is 0 Å². The van der Waals surface area contributed by atoms with Gasteiger partial charge >= 0.3 is 0 Å². The number of rotatable bonds is 1. The second kappa shape index (κ2) is 4.88. The summed E-state index contributed by atoms with van der Waals surface area (Å²) in [7, 11) is 0. The first kappa shape index (κ1) is 13.3. The van der Waals surface area contributed by atoms with Gasteiger partial charge in [-0.1, -0.05) is 20.8 Å². The molecule has 0 bridgehead atoms. The van der Waals surface area contributed by atoms with E-state index in [1.165, 1.54) is 0 Å². The Balaban J connectivity index is 2.30. The van der Waals surface area contributed by atoms with E-state index in [1.807, 2.05) is 12.4 Å². The third-order valence-corrected chi connectivity index (χ3v) is 4.11. The molecule has 0 aromatic carbocycles. The van der Waals surface area contributed by atoms with Crippen LogP contribution in [-0.4, -0.2) is 15.8 Å². The molecule has 1 aliphatic carbocycles. The van der Waals surface area contributed by atoms with Crippen LogP contribution in [0.3, 0.4) is 0 Å². The highest BCUT2D eigenvalue weighted by Crippen LogP contribution is 2.44. The zero-order valence-electron chi connectivity index (χ0n) is 11.5. The van der Waals surface area contributed by atoms with Gasteiger partial charge in [0.15, 0.2) is 5.43 Å². The van der Waals surface area contributed by atoms with E-state index in [0.29, 0.717) is 5.92 Å². The zero-order chi connectivity index (χ0) is 13.3. The molecular weight excluding hydrogens is 226 g/mol. The second-order valence-corrected chi connectivity index (χ2v) is 6.49. The number of hydrogen-bond donors (Lipinski definition) is 1. The van der Waals surface area contributed by atoms with Gasteiger partial charge in [0.05, 0.1) is 6.10 Å². The summed E-state index contributed by atoms with van der Waals surface area (Å²) in [6.45, 7) is 6.76. The lowest BCUT2D eigenvalue weighted by molar-refractivity contribution is 0.0298. The number of hydrogen-bond acceptors (Lipinski definition) is 2. The lowest BCUT2D eigenvalue weighted by Gasteiger charge is -2.43. The van der Waals surface area contributed by atoms with Gasteiger partial charge in [0.2, 0.25) is 0 Å². The summed E-state index contributed by atoms with van der Waals surface area (Å²) in [5.41, 5.74) is 0.253. The Morgan fingerprint density at radius 1 is 1.22 bits per heavy atom. The lowest BCUT2D eigenvalue weighted by Crippen LogP contribution is -2.37. The molecule has 0 amide bonds. The maximum Gasteiger partial charge on any atom is 0.181 e. The molecule has 3 nitrogen and oxygen atoms in total. The molecule has 18 heavy (non-hydrogen) atoms. The first-order valence-electron chi connectivity index (χ1n) is 6.74. The molecule has 0 spiro atoms. The van der Waals surface area contributed by atoms with Crippen molar-refractivity contribution in [2.45, 2.75) is 52.2 Å². The molecule has 1 N–H and O–H groups in total. The molecule has 1 aliphatic rings. The smallest absolute Gasteiger partial charge is 0.181 e. The van der Waals surface area contributed by atoms with Crippen LogP contribution >= 0.6 is 0 Å². The Morgan fingerprint density at radius 3 is 2.39 bits per heavy atom. The number of aliphatic hydroxyl groups excluding tert-OH is 1. The first-order chi connectivity index (χ1) is 8.38. The van der Waals surface area contributed by atoms with Crippen molar-refractivity contribution in [3.8, 4) is 0 Å². The monoisotopic (exact) mass is 249 g/mol.